The molecule has 1 radical (unpaired) electrons. The summed E-state index contributed by atoms with van der Waals surface area (Å²) in [6, 6.07) is 0. The minimum Gasteiger partial charge on any atom is -0.319 e. The Morgan fingerprint density at radius 1 is 1.57 bits per heavy atom. The lowest BCUT2D eigenvalue weighted by Crippen LogP contribution is -2.21. The second-order valence-corrected chi connectivity index (χ2v) is 0.911. The van der Waals surface area contributed by atoms with E-state index in [1.54, 1.807) is 5.43 Å². The van der Waals surface area contributed by atoms with Crippen molar-refractivity contribution in [2.75, 3.05) is 0 Å². The summed E-state index contributed by atoms with van der Waals surface area (Å²) in [5.41, 5.74) is 4.58. The summed E-state index contributed by atoms with van der Waals surface area (Å²) in [6.07, 6.45) is 0. The van der Waals surface area contributed by atoms with Crippen molar-refractivity contribution in [1.29, 1.82) is 0 Å². The Hall–Kier alpha value is -1.10. The molecule has 1 heterocycles. The molecular formula is C2HN2O3. The van der Waals surface area contributed by atoms with Crippen LogP contribution in [-0.2, 0) is 14.4 Å². The lowest BCUT2D eigenvalue weighted by Gasteiger charge is -1.73. The van der Waals surface area contributed by atoms with Crippen LogP contribution in [0.3, 0.4) is 0 Å². The summed E-state index contributed by atoms with van der Waals surface area (Å²) in [7, 11) is 0. The Labute approximate surface area is 38.6 Å². The monoisotopic (exact) mass is 101 g/mol. The Morgan fingerprint density at radius 2 is 2.29 bits per heavy atom. The van der Waals surface area contributed by atoms with E-state index < -0.39 is 11.9 Å². The number of nitrogens with one attached hydrogen (secondary N) is 1. The van der Waals surface area contributed by atoms with Gasteiger partial charge in [0.15, 0.2) is 0 Å². The van der Waals surface area contributed by atoms with Gasteiger partial charge < -0.3 is 4.84 Å². The van der Waals surface area contributed by atoms with E-state index in [-0.39, 0.29) is 0 Å². The number of nitrogens with zero attached hydrogens (tertiary/aromatic N) is 1. The molecule has 5 nitrogen and oxygen atoms in total. The molecule has 0 aromatic carbocycles. The highest BCUT2D eigenvalue weighted by Crippen LogP contribution is 1.79. The number of hydrogen-bond donors (Lipinski definition) is 1. The molecule has 0 spiro atoms. The molecule has 0 unspecified atom stereocenters. The normalized spacial score (nSPS) is 18.9. The van der Waals surface area contributed by atoms with Crippen molar-refractivity contribution < 1.29 is 14.4 Å². The average Bonchev–Trinajstić information content (AvgIpc) is 1.91. The maximum atomic E-state index is 9.89. The summed E-state index contributed by atoms with van der Waals surface area (Å²) in [5.74, 6) is -1.78. The summed E-state index contributed by atoms with van der Waals surface area (Å²) in [5, 5.41) is 0. The third-order valence-corrected chi connectivity index (χ3v) is 0.461. The predicted octanol–water partition coefficient (Wildman–Crippen LogP) is -1.91. The molecule has 0 aromatic rings. The third kappa shape index (κ3) is 0.520. The van der Waals surface area contributed by atoms with Crippen LogP contribution >= 0.6 is 0 Å². The van der Waals surface area contributed by atoms with E-state index in [0.717, 1.165) is 0 Å². The minimum atomic E-state index is -0.958. The van der Waals surface area contributed by atoms with Gasteiger partial charge in [0, 0.05) is 0 Å². The molecule has 0 saturated carbocycles. The van der Waals surface area contributed by atoms with E-state index in [0.29, 0.717) is 0 Å². The van der Waals surface area contributed by atoms with E-state index in [1.165, 1.54) is 0 Å². The van der Waals surface area contributed by atoms with Crippen LogP contribution in [0.4, 0.5) is 0 Å². The number of hydrogen-bond acceptors (Lipinski definition) is 3. The van der Waals surface area contributed by atoms with Crippen LogP contribution in [0.15, 0.2) is 0 Å². The van der Waals surface area contributed by atoms with Crippen molar-refractivity contribution >= 4 is 11.9 Å². The Bertz CT molecular complexity index is 106. The summed E-state index contributed by atoms with van der Waals surface area (Å²) >= 11 is 0. The molecule has 1 rings (SSSR count). The molecule has 0 aromatic heterocycles. The number of carbonyl (C=O) groups is 2. The molecule has 1 N–H and O–H groups in total. The minimum absolute atomic E-state index is 0.819. The molecule has 0 bridgehead atoms. The summed E-state index contributed by atoms with van der Waals surface area (Å²) in [6.45, 7) is 0. The maximum absolute atomic E-state index is 9.89. The fourth-order valence-corrected chi connectivity index (χ4v) is 0.193. The van der Waals surface area contributed by atoms with Gasteiger partial charge in [0.2, 0.25) is 0 Å². The molecular weight excluding hydrogens is 100 g/mol. The molecule has 5 heteroatoms. The van der Waals surface area contributed by atoms with Crippen LogP contribution in [0.1, 0.15) is 0 Å². The SMILES string of the molecule is O=C1N[N]OC1=O. The fraction of sp³-hybridized carbons (Fsp3) is 0. The summed E-state index contributed by atoms with van der Waals surface area (Å²) in [4.78, 5) is 23.5. The van der Waals surface area contributed by atoms with Crippen molar-refractivity contribution in [3.8, 4) is 0 Å². The zero-order valence-electron chi connectivity index (χ0n) is 3.17. The van der Waals surface area contributed by atoms with Crippen LogP contribution in [0.2, 0.25) is 0 Å². The highest BCUT2D eigenvalue weighted by molar-refractivity contribution is 6.33. The van der Waals surface area contributed by atoms with Crippen molar-refractivity contribution in [1.82, 2.24) is 11.0 Å². The van der Waals surface area contributed by atoms with Crippen molar-refractivity contribution in [2.24, 2.45) is 0 Å². The topological polar surface area (TPSA) is 69.5 Å². The molecule has 0 atom stereocenters. The van der Waals surface area contributed by atoms with Crippen molar-refractivity contribution in [3.05, 3.63) is 0 Å². The van der Waals surface area contributed by atoms with Crippen molar-refractivity contribution in [3.63, 3.8) is 0 Å². The second-order valence-electron chi connectivity index (χ2n) is 0.911. The average molecular weight is 101 g/mol. The largest absolute Gasteiger partial charge is 0.420 e. The molecule has 1 aliphatic heterocycles. The van der Waals surface area contributed by atoms with Gasteiger partial charge in [0.25, 0.3) is 0 Å². The van der Waals surface area contributed by atoms with Gasteiger partial charge in [-0.2, -0.15) is 0 Å². The van der Waals surface area contributed by atoms with Crippen LogP contribution in [0.5, 0.6) is 0 Å². The van der Waals surface area contributed by atoms with Crippen molar-refractivity contribution in [2.45, 2.75) is 0 Å². The second kappa shape index (κ2) is 1.19. The van der Waals surface area contributed by atoms with Gasteiger partial charge in [-0.15, -0.1) is 0 Å². The highest BCUT2D eigenvalue weighted by Gasteiger charge is 2.23. The number of carbonyl (C=O) groups excluding carboxylic acids is 2. The maximum Gasteiger partial charge on any atom is 0.420 e. The van der Waals surface area contributed by atoms with E-state index in [4.69, 9.17) is 0 Å². The predicted molar refractivity (Wildman–Crippen MR) is 16.4 cm³/mol. The molecule has 37 valence electrons. The van der Waals surface area contributed by atoms with Gasteiger partial charge in [0.05, 0.1) is 5.59 Å². The van der Waals surface area contributed by atoms with Gasteiger partial charge in [-0.1, -0.05) is 0 Å². The molecule has 0 aliphatic carbocycles. The standard InChI is InChI=1S/C2HN2O3/c5-1-2(6)7-4-3-1/h(H,3,5). The molecule has 1 aliphatic rings. The van der Waals surface area contributed by atoms with Crippen LogP contribution in [0.25, 0.3) is 0 Å². The first-order valence-electron chi connectivity index (χ1n) is 1.52. The first-order valence-corrected chi connectivity index (χ1v) is 1.52. The lowest BCUT2D eigenvalue weighted by molar-refractivity contribution is -0.150. The van der Waals surface area contributed by atoms with Crippen LogP contribution < -0.4 is 11.0 Å². The highest BCUT2D eigenvalue weighted by atomic mass is 16.7. The van der Waals surface area contributed by atoms with Gasteiger partial charge in [-0.3, -0.25) is 4.79 Å². The van der Waals surface area contributed by atoms with Crippen LogP contribution in [-0.4, -0.2) is 11.9 Å². The van der Waals surface area contributed by atoms with Gasteiger partial charge >= 0.3 is 11.9 Å². The smallest absolute Gasteiger partial charge is 0.319 e. The summed E-state index contributed by atoms with van der Waals surface area (Å²) < 4.78 is 0. The van der Waals surface area contributed by atoms with Crippen LogP contribution in [0, 0.1) is 0 Å². The fourth-order valence-electron chi connectivity index (χ4n) is 0.193. The first-order chi connectivity index (χ1) is 3.30. The third-order valence-electron chi connectivity index (χ3n) is 0.461. The number of amides is 1. The zero-order valence-corrected chi connectivity index (χ0v) is 3.17. The Balaban J connectivity index is 2.65. The zero-order chi connectivity index (χ0) is 5.28. The van der Waals surface area contributed by atoms with Gasteiger partial charge in [-0.25, -0.2) is 10.2 Å². The van der Waals surface area contributed by atoms with Gasteiger partial charge in [0.1, 0.15) is 0 Å². The van der Waals surface area contributed by atoms with E-state index in [1.807, 2.05) is 0 Å². The molecule has 1 fully saturated rings. The Kier molecular flexibility index (Phi) is 0.694. The quantitative estimate of drug-likeness (QED) is 0.362. The molecule has 1 saturated heterocycles. The Morgan fingerprint density at radius 3 is 2.43 bits per heavy atom. The molecule has 1 amide bonds. The van der Waals surface area contributed by atoms with E-state index in [9.17, 15) is 9.59 Å². The first kappa shape index (κ1) is 4.07. The van der Waals surface area contributed by atoms with E-state index in [2.05, 4.69) is 10.4 Å². The lowest BCUT2D eigenvalue weighted by atomic mass is 10.7. The van der Waals surface area contributed by atoms with Gasteiger partial charge in [-0.05, 0) is 0 Å². The molecule has 7 heavy (non-hydrogen) atoms. The number of rotatable bonds is 0. The van der Waals surface area contributed by atoms with E-state index >= 15 is 0 Å².